The lowest BCUT2D eigenvalue weighted by Gasteiger charge is -2.30. The first kappa shape index (κ1) is 17.1. The fourth-order valence-electron chi connectivity index (χ4n) is 2.70. The van der Waals surface area contributed by atoms with Gasteiger partial charge in [-0.3, -0.25) is 9.78 Å². The molecule has 1 unspecified atom stereocenters. The third-order valence-corrected chi connectivity index (χ3v) is 7.26. The van der Waals surface area contributed by atoms with Gasteiger partial charge in [-0.25, -0.2) is 8.42 Å². The molecule has 0 spiro atoms. The van der Waals surface area contributed by atoms with Crippen LogP contribution in [0.15, 0.2) is 40.1 Å². The number of aromatic nitrogens is 1. The Morgan fingerprint density at radius 2 is 2.21 bits per heavy atom. The van der Waals surface area contributed by atoms with Gasteiger partial charge < -0.3 is 5.32 Å². The molecule has 1 fully saturated rings. The first-order valence-corrected chi connectivity index (χ1v) is 10.1. The van der Waals surface area contributed by atoms with E-state index in [-0.39, 0.29) is 18.4 Å². The zero-order chi connectivity index (χ0) is 17.2. The van der Waals surface area contributed by atoms with Crippen molar-refractivity contribution in [2.24, 2.45) is 5.92 Å². The molecule has 6 nitrogen and oxygen atoms in total. The summed E-state index contributed by atoms with van der Waals surface area (Å²) in [6, 6.07) is 6.94. The summed E-state index contributed by atoms with van der Waals surface area (Å²) in [5.74, 6) is -0.512. The van der Waals surface area contributed by atoms with E-state index in [4.69, 9.17) is 0 Å². The molecule has 24 heavy (non-hydrogen) atoms. The number of rotatable bonds is 4. The zero-order valence-corrected chi connectivity index (χ0v) is 14.9. The summed E-state index contributed by atoms with van der Waals surface area (Å²) >= 11 is 1.20. The van der Waals surface area contributed by atoms with Crippen LogP contribution in [0.2, 0.25) is 0 Å². The summed E-state index contributed by atoms with van der Waals surface area (Å²) < 4.78 is 27.0. The van der Waals surface area contributed by atoms with Crippen LogP contribution in [0.25, 0.3) is 0 Å². The van der Waals surface area contributed by atoms with Gasteiger partial charge in [-0.15, -0.1) is 11.3 Å². The van der Waals surface area contributed by atoms with E-state index in [2.05, 4.69) is 10.3 Å². The highest BCUT2D eigenvalue weighted by molar-refractivity contribution is 7.91. The summed E-state index contributed by atoms with van der Waals surface area (Å²) in [5, 5.41) is 4.57. The maximum absolute atomic E-state index is 12.6. The third-order valence-electron chi connectivity index (χ3n) is 4.02. The highest BCUT2D eigenvalue weighted by Gasteiger charge is 2.33. The van der Waals surface area contributed by atoms with Gasteiger partial charge in [0.15, 0.2) is 0 Å². The van der Waals surface area contributed by atoms with Gasteiger partial charge in [0.25, 0.3) is 10.0 Å². The average molecular weight is 365 g/mol. The number of hydrogen-bond acceptors (Lipinski definition) is 5. The van der Waals surface area contributed by atoms with Gasteiger partial charge in [0.05, 0.1) is 17.8 Å². The Morgan fingerprint density at radius 1 is 1.38 bits per heavy atom. The summed E-state index contributed by atoms with van der Waals surface area (Å²) in [5.41, 5.74) is 1.50. The number of nitrogens with zero attached hydrogens (tertiary/aromatic N) is 2. The molecule has 3 heterocycles. The fraction of sp³-hybridized carbons (Fsp3) is 0.375. The second-order valence-corrected chi connectivity index (χ2v) is 8.92. The van der Waals surface area contributed by atoms with E-state index in [0.717, 1.165) is 5.69 Å². The Hall–Kier alpha value is -1.77. The molecule has 1 amide bonds. The second kappa shape index (κ2) is 7.00. The number of nitrogens with one attached hydrogen (secondary N) is 1. The van der Waals surface area contributed by atoms with E-state index >= 15 is 0 Å². The molecule has 0 bridgehead atoms. The predicted molar refractivity (Wildman–Crippen MR) is 93.4 cm³/mol. The highest BCUT2D eigenvalue weighted by atomic mass is 32.2. The Kier molecular flexibility index (Phi) is 4.98. The zero-order valence-electron chi connectivity index (χ0n) is 13.3. The van der Waals surface area contributed by atoms with Crippen molar-refractivity contribution < 1.29 is 13.2 Å². The van der Waals surface area contributed by atoms with E-state index in [9.17, 15) is 13.2 Å². The number of carbonyl (C=O) groups excluding carboxylic acids is 1. The van der Waals surface area contributed by atoms with Gasteiger partial charge in [-0.05, 0) is 43.3 Å². The van der Waals surface area contributed by atoms with Crippen LogP contribution in [0.4, 0.5) is 5.69 Å². The van der Waals surface area contributed by atoms with Crippen LogP contribution in [0.3, 0.4) is 0 Å². The summed E-state index contributed by atoms with van der Waals surface area (Å²) in [6.45, 7) is 2.54. The highest BCUT2D eigenvalue weighted by Crippen LogP contribution is 2.27. The molecule has 8 heteroatoms. The number of pyridine rings is 1. The second-order valence-electron chi connectivity index (χ2n) is 5.81. The molecule has 3 rings (SSSR count). The van der Waals surface area contributed by atoms with Crippen molar-refractivity contribution in [3.63, 3.8) is 0 Å². The number of anilines is 1. The Balaban J connectivity index is 1.69. The monoisotopic (exact) mass is 365 g/mol. The molecule has 2 aromatic heterocycles. The third kappa shape index (κ3) is 3.66. The summed E-state index contributed by atoms with van der Waals surface area (Å²) in [7, 11) is -3.50. The van der Waals surface area contributed by atoms with Crippen LogP contribution >= 0.6 is 11.3 Å². The number of hydrogen-bond donors (Lipinski definition) is 1. The molecule has 1 aliphatic rings. The normalized spacial score (nSPS) is 19.1. The molecule has 0 radical (unpaired) electrons. The number of piperidine rings is 1. The number of aryl methyl sites for hydroxylation is 1. The molecular weight excluding hydrogens is 346 g/mol. The number of thiophene rings is 1. The molecular formula is C16H19N3O3S2. The molecule has 2 aromatic rings. The molecule has 1 N–H and O–H groups in total. The van der Waals surface area contributed by atoms with Gasteiger partial charge in [-0.1, -0.05) is 6.07 Å². The molecule has 128 valence electrons. The Bertz CT molecular complexity index is 802. The lowest BCUT2D eigenvalue weighted by molar-refractivity contribution is -0.120. The number of carbonyl (C=O) groups is 1. The smallest absolute Gasteiger partial charge is 0.252 e. The van der Waals surface area contributed by atoms with Crippen molar-refractivity contribution >= 4 is 33.0 Å². The van der Waals surface area contributed by atoms with Gasteiger partial charge in [-0.2, -0.15) is 4.31 Å². The molecule has 0 aliphatic carbocycles. The molecule has 0 aromatic carbocycles. The average Bonchev–Trinajstić information content (AvgIpc) is 3.12. The maximum atomic E-state index is 12.6. The molecule has 1 saturated heterocycles. The maximum Gasteiger partial charge on any atom is 0.252 e. The van der Waals surface area contributed by atoms with Crippen molar-refractivity contribution in [1.29, 1.82) is 0 Å². The SMILES string of the molecule is Cc1ccc(NC(=O)C2CCCN(S(=O)(=O)c3cccs3)C2)cn1. The summed E-state index contributed by atoms with van der Waals surface area (Å²) in [6.07, 6.45) is 2.96. The van der Waals surface area contributed by atoms with Gasteiger partial charge in [0.1, 0.15) is 4.21 Å². The lowest BCUT2D eigenvalue weighted by atomic mass is 9.99. The minimum absolute atomic E-state index is 0.160. The van der Waals surface area contributed by atoms with E-state index in [1.54, 1.807) is 29.8 Å². The van der Waals surface area contributed by atoms with Crippen molar-refractivity contribution in [2.75, 3.05) is 18.4 Å². The van der Waals surface area contributed by atoms with Crippen LogP contribution < -0.4 is 5.32 Å². The van der Waals surface area contributed by atoms with Gasteiger partial charge >= 0.3 is 0 Å². The standard InChI is InChI=1S/C16H19N3O3S2/c1-12-6-7-14(10-17-12)18-16(20)13-4-2-8-19(11-13)24(21,22)15-5-3-9-23-15/h3,5-7,9-10,13H,2,4,8,11H2,1H3,(H,18,20). The van der Waals surface area contributed by atoms with Crippen molar-refractivity contribution in [1.82, 2.24) is 9.29 Å². The van der Waals surface area contributed by atoms with Crippen molar-refractivity contribution in [3.8, 4) is 0 Å². The minimum atomic E-state index is -3.50. The van der Waals surface area contributed by atoms with Gasteiger partial charge in [0.2, 0.25) is 5.91 Å². The fourth-order valence-corrected chi connectivity index (χ4v) is 5.37. The van der Waals surface area contributed by atoms with Crippen LogP contribution in [0.1, 0.15) is 18.5 Å². The summed E-state index contributed by atoms with van der Waals surface area (Å²) in [4.78, 5) is 16.6. The number of sulfonamides is 1. The van der Waals surface area contributed by atoms with E-state index in [1.807, 2.05) is 13.0 Å². The molecule has 1 atom stereocenters. The Labute approximate surface area is 145 Å². The van der Waals surface area contributed by atoms with Gasteiger partial charge in [0, 0.05) is 18.8 Å². The van der Waals surface area contributed by atoms with E-state index in [0.29, 0.717) is 29.3 Å². The lowest BCUT2D eigenvalue weighted by Crippen LogP contribution is -2.43. The van der Waals surface area contributed by atoms with E-state index in [1.165, 1.54) is 15.6 Å². The van der Waals surface area contributed by atoms with Crippen LogP contribution in [-0.2, 0) is 14.8 Å². The van der Waals surface area contributed by atoms with Crippen molar-refractivity contribution in [2.45, 2.75) is 24.0 Å². The first-order chi connectivity index (χ1) is 11.5. The van der Waals surface area contributed by atoms with Crippen LogP contribution in [0.5, 0.6) is 0 Å². The van der Waals surface area contributed by atoms with E-state index < -0.39 is 10.0 Å². The van der Waals surface area contributed by atoms with Crippen LogP contribution in [0, 0.1) is 12.8 Å². The first-order valence-electron chi connectivity index (χ1n) is 7.74. The topological polar surface area (TPSA) is 79.4 Å². The van der Waals surface area contributed by atoms with Crippen LogP contribution in [-0.4, -0.2) is 36.7 Å². The molecule has 1 aliphatic heterocycles. The number of amides is 1. The molecule has 0 saturated carbocycles. The Morgan fingerprint density at radius 3 is 2.88 bits per heavy atom. The predicted octanol–water partition coefficient (Wildman–Crippen LogP) is 2.49. The largest absolute Gasteiger partial charge is 0.324 e. The minimum Gasteiger partial charge on any atom is -0.324 e. The quantitative estimate of drug-likeness (QED) is 0.903. The van der Waals surface area contributed by atoms with Crippen molar-refractivity contribution in [3.05, 3.63) is 41.5 Å².